The molecule has 8 nitrogen and oxygen atoms in total. The Labute approximate surface area is 156 Å². The Morgan fingerprint density at radius 1 is 1.27 bits per heavy atom. The second kappa shape index (κ2) is 9.00. The third-order valence-corrected chi connectivity index (χ3v) is 4.03. The number of amides is 3. The molecule has 0 aliphatic rings. The van der Waals surface area contributed by atoms with Crippen LogP contribution in [0.2, 0.25) is 5.02 Å². The molecule has 1 heterocycles. The monoisotopic (exact) mass is 376 g/mol. The lowest BCUT2D eigenvalue weighted by Crippen LogP contribution is -2.30. The Hall–Kier alpha value is -2.87. The second-order valence-corrected chi connectivity index (χ2v) is 6.00. The van der Waals surface area contributed by atoms with Crippen molar-refractivity contribution in [2.24, 2.45) is 0 Å². The molecule has 0 atom stereocenters. The first-order valence-electron chi connectivity index (χ1n) is 8.16. The molecule has 0 spiro atoms. The molecule has 0 unspecified atom stereocenters. The molecule has 0 aliphatic carbocycles. The minimum atomic E-state index is -0.466. The Kier molecular flexibility index (Phi) is 6.74. The number of benzene rings is 1. The molecular formula is C17H21ClN6O2. The van der Waals surface area contributed by atoms with Gasteiger partial charge in [0.05, 0.1) is 0 Å². The molecule has 0 fully saturated rings. The van der Waals surface area contributed by atoms with E-state index in [1.54, 1.807) is 25.1 Å². The molecule has 26 heavy (non-hydrogen) atoms. The highest BCUT2D eigenvalue weighted by molar-refractivity contribution is 6.31. The van der Waals surface area contributed by atoms with E-state index in [0.717, 1.165) is 18.4 Å². The number of urea groups is 1. The van der Waals surface area contributed by atoms with Gasteiger partial charge < -0.3 is 16.4 Å². The van der Waals surface area contributed by atoms with E-state index in [1.165, 1.54) is 6.20 Å². The molecule has 0 radical (unpaired) electrons. The number of hydrogen-bond donors (Lipinski definition) is 4. The zero-order valence-corrected chi connectivity index (χ0v) is 15.4. The van der Waals surface area contributed by atoms with E-state index in [2.05, 4.69) is 25.9 Å². The van der Waals surface area contributed by atoms with Crippen LogP contribution in [-0.2, 0) is 0 Å². The fourth-order valence-electron chi connectivity index (χ4n) is 2.09. The third kappa shape index (κ3) is 5.06. The number of nitrogens with zero attached hydrogens (tertiary/aromatic N) is 2. The van der Waals surface area contributed by atoms with Crippen LogP contribution < -0.4 is 21.7 Å². The molecule has 1 aromatic carbocycles. The highest BCUT2D eigenvalue weighted by Gasteiger charge is 2.15. The summed E-state index contributed by atoms with van der Waals surface area (Å²) in [5.74, 6) is -0.486. The van der Waals surface area contributed by atoms with Crippen molar-refractivity contribution < 1.29 is 9.59 Å². The van der Waals surface area contributed by atoms with Gasteiger partial charge >= 0.3 is 6.03 Å². The average molecular weight is 377 g/mol. The maximum absolute atomic E-state index is 12.4. The van der Waals surface area contributed by atoms with Gasteiger partial charge in [0.25, 0.3) is 5.91 Å². The summed E-state index contributed by atoms with van der Waals surface area (Å²) in [4.78, 5) is 32.0. The highest BCUT2D eigenvalue weighted by atomic mass is 35.5. The Balaban J connectivity index is 2.05. The molecule has 3 amide bonds. The molecule has 0 bridgehead atoms. The van der Waals surface area contributed by atoms with Crippen molar-refractivity contribution in [2.45, 2.75) is 26.7 Å². The van der Waals surface area contributed by atoms with Gasteiger partial charge in [-0.25, -0.2) is 9.78 Å². The van der Waals surface area contributed by atoms with Crippen LogP contribution in [0, 0.1) is 6.92 Å². The number of hydrogen-bond acceptors (Lipinski definition) is 5. The first-order valence-corrected chi connectivity index (χ1v) is 8.54. The molecule has 0 saturated carbocycles. The Morgan fingerprint density at radius 2 is 2.04 bits per heavy atom. The zero-order chi connectivity index (χ0) is 19.1. The second-order valence-electron chi connectivity index (χ2n) is 5.59. The number of aromatic nitrogens is 2. The van der Waals surface area contributed by atoms with Gasteiger partial charge in [-0.1, -0.05) is 31.0 Å². The minimum absolute atomic E-state index is 0.0204. The van der Waals surface area contributed by atoms with Gasteiger partial charge in [0.15, 0.2) is 0 Å². The van der Waals surface area contributed by atoms with Gasteiger partial charge in [0.2, 0.25) is 5.95 Å². The first-order chi connectivity index (χ1) is 12.4. The number of rotatable bonds is 6. The quantitative estimate of drug-likeness (QED) is 0.576. The van der Waals surface area contributed by atoms with Gasteiger partial charge in [-0.15, -0.1) is 0 Å². The van der Waals surface area contributed by atoms with Crippen molar-refractivity contribution in [1.82, 2.24) is 15.3 Å². The van der Waals surface area contributed by atoms with E-state index in [0.29, 0.717) is 17.3 Å². The number of anilines is 3. The van der Waals surface area contributed by atoms with Crippen molar-refractivity contribution >= 4 is 41.0 Å². The summed E-state index contributed by atoms with van der Waals surface area (Å²) < 4.78 is 0. The van der Waals surface area contributed by atoms with Crippen molar-refractivity contribution in [1.29, 1.82) is 0 Å². The van der Waals surface area contributed by atoms with Crippen LogP contribution in [0.15, 0.2) is 24.4 Å². The first kappa shape index (κ1) is 19.5. The van der Waals surface area contributed by atoms with E-state index in [1.807, 2.05) is 6.92 Å². The summed E-state index contributed by atoms with van der Waals surface area (Å²) in [7, 11) is 0. The normalized spacial score (nSPS) is 10.3. The minimum Gasteiger partial charge on any atom is -0.383 e. The fourth-order valence-corrected chi connectivity index (χ4v) is 2.26. The number of nitrogens with two attached hydrogens (primary N) is 1. The molecule has 0 aliphatic heterocycles. The average Bonchev–Trinajstić information content (AvgIpc) is 2.59. The lowest BCUT2D eigenvalue weighted by atomic mass is 10.2. The van der Waals surface area contributed by atoms with E-state index in [-0.39, 0.29) is 17.3 Å². The third-order valence-electron chi connectivity index (χ3n) is 3.62. The number of unbranched alkanes of at least 4 members (excludes halogenated alkanes) is 1. The summed E-state index contributed by atoms with van der Waals surface area (Å²) in [6.07, 6.45) is 3.11. The molecule has 5 N–H and O–H groups in total. The summed E-state index contributed by atoms with van der Waals surface area (Å²) in [6.45, 7) is 4.37. The van der Waals surface area contributed by atoms with Gasteiger partial charge in [0, 0.05) is 23.5 Å². The van der Waals surface area contributed by atoms with Gasteiger partial charge in [-0.3, -0.25) is 10.1 Å². The standard InChI is InChI=1S/C17H21ClN6O2/c1-3-4-8-20-17(26)24-16-21-9-11(14(19)23-16)15(25)22-13-7-5-6-12(18)10(13)2/h5-7,9H,3-4,8H2,1-2H3,(H,22,25)(H4,19,20,21,23,24,26). The molecule has 9 heteroatoms. The predicted octanol–water partition coefficient (Wildman–Crippen LogP) is 3.19. The topological polar surface area (TPSA) is 122 Å². The van der Waals surface area contributed by atoms with Crippen LogP contribution in [0.25, 0.3) is 0 Å². The molecule has 1 aromatic heterocycles. The van der Waals surface area contributed by atoms with E-state index in [9.17, 15) is 9.59 Å². The number of carbonyl (C=O) groups is 2. The van der Waals surface area contributed by atoms with Crippen LogP contribution in [0.3, 0.4) is 0 Å². The maximum Gasteiger partial charge on any atom is 0.321 e. The lowest BCUT2D eigenvalue weighted by molar-refractivity contribution is 0.102. The van der Waals surface area contributed by atoms with Gasteiger partial charge in [-0.2, -0.15) is 4.98 Å². The van der Waals surface area contributed by atoms with Gasteiger partial charge in [-0.05, 0) is 31.0 Å². The van der Waals surface area contributed by atoms with E-state index >= 15 is 0 Å². The summed E-state index contributed by atoms with van der Waals surface area (Å²) in [6, 6.07) is 4.77. The molecular weight excluding hydrogens is 356 g/mol. The SMILES string of the molecule is CCCCNC(=O)Nc1ncc(C(=O)Nc2cccc(Cl)c2C)c(N)n1. The van der Waals surface area contributed by atoms with E-state index in [4.69, 9.17) is 17.3 Å². The van der Waals surface area contributed by atoms with Gasteiger partial charge in [0.1, 0.15) is 11.4 Å². The van der Waals surface area contributed by atoms with Crippen LogP contribution in [0.1, 0.15) is 35.7 Å². The fraction of sp³-hybridized carbons (Fsp3) is 0.294. The number of nitrogen functional groups attached to an aromatic ring is 1. The van der Waals surface area contributed by atoms with Crippen molar-refractivity contribution in [3.63, 3.8) is 0 Å². The number of nitrogens with one attached hydrogen (secondary N) is 3. The smallest absolute Gasteiger partial charge is 0.321 e. The molecule has 2 rings (SSSR count). The van der Waals surface area contributed by atoms with E-state index < -0.39 is 11.9 Å². The molecule has 138 valence electrons. The molecule has 0 saturated heterocycles. The predicted molar refractivity (Wildman–Crippen MR) is 103 cm³/mol. The van der Waals surface area contributed by atoms with Crippen molar-refractivity contribution in [3.8, 4) is 0 Å². The Morgan fingerprint density at radius 3 is 2.73 bits per heavy atom. The zero-order valence-electron chi connectivity index (χ0n) is 14.6. The number of carbonyl (C=O) groups excluding carboxylic acids is 2. The van der Waals surface area contributed by atoms with Crippen LogP contribution in [0.5, 0.6) is 0 Å². The van der Waals surface area contributed by atoms with Crippen LogP contribution >= 0.6 is 11.6 Å². The maximum atomic E-state index is 12.4. The molecule has 2 aromatic rings. The largest absolute Gasteiger partial charge is 0.383 e. The number of halogens is 1. The summed E-state index contributed by atoms with van der Waals surface area (Å²) >= 11 is 6.04. The van der Waals surface area contributed by atoms with Crippen LogP contribution in [-0.4, -0.2) is 28.5 Å². The summed E-state index contributed by atoms with van der Waals surface area (Å²) in [5, 5.41) is 8.41. The lowest BCUT2D eigenvalue weighted by Gasteiger charge is -2.11. The Bertz CT molecular complexity index is 812. The van der Waals surface area contributed by atoms with Crippen LogP contribution in [0.4, 0.5) is 22.2 Å². The van der Waals surface area contributed by atoms with Crippen molar-refractivity contribution in [2.75, 3.05) is 22.9 Å². The van der Waals surface area contributed by atoms with Crippen molar-refractivity contribution in [3.05, 3.63) is 40.5 Å². The highest BCUT2D eigenvalue weighted by Crippen LogP contribution is 2.24. The summed E-state index contributed by atoms with van der Waals surface area (Å²) in [5.41, 5.74) is 7.24.